The van der Waals surface area contributed by atoms with E-state index < -0.39 is 5.97 Å². The van der Waals surface area contributed by atoms with E-state index in [2.05, 4.69) is 15.4 Å². The molecule has 2 aromatic carbocycles. The summed E-state index contributed by atoms with van der Waals surface area (Å²) in [6, 6.07) is 15.5. The molecule has 2 N–H and O–H groups in total. The Bertz CT molecular complexity index is 641. The molecule has 2 aromatic rings. The zero-order chi connectivity index (χ0) is 16.5. The van der Waals surface area contributed by atoms with Crippen LogP contribution in [0, 0.1) is 0 Å². The number of hydrogen-bond donors (Lipinski definition) is 2. The average molecular weight is 314 g/mol. The monoisotopic (exact) mass is 314 g/mol. The van der Waals surface area contributed by atoms with Gasteiger partial charge in [0.25, 0.3) is 0 Å². The van der Waals surface area contributed by atoms with Crippen LogP contribution in [0.3, 0.4) is 0 Å². The van der Waals surface area contributed by atoms with Crippen molar-refractivity contribution < 1.29 is 19.1 Å². The van der Waals surface area contributed by atoms with Crippen LogP contribution >= 0.6 is 0 Å². The maximum atomic E-state index is 11.7. The molecule has 0 heterocycles. The van der Waals surface area contributed by atoms with Gasteiger partial charge in [0, 0.05) is 5.69 Å². The molecule has 0 bridgehead atoms. The molecule has 120 valence electrons. The summed E-state index contributed by atoms with van der Waals surface area (Å²) in [6.07, 6.45) is 0. The molecule has 2 amide bonds. The number of carbonyl (C=O) groups excluding carboxylic acids is 2. The summed E-state index contributed by atoms with van der Waals surface area (Å²) in [6.45, 7) is 0.750. The molecule has 0 aliphatic heterocycles. The SMILES string of the molecule is COC(=O)c1ccc(NC(=O)NCCOc2ccccc2)cc1. The number of hydrogen-bond acceptors (Lipinski definition) is 4. The molecule has 23 heavy (non-hydrogen) atoms. The number of para-hydroxylation sites is 1. The number of amides is 2. The van der Waals surface area contributed by atoms with Gasteiger partial charge in [0.1, 0.15) is 12.4 Å². The van der Waals surface area contributed by atoms with Crippen molar-refractivity contribution in [2.75, 3.05) is 25.6 Å². The van der Waals surface area contributed by atoms with E-state index in [-0.39, 0.29) is 6.03 Å². The number of methoxy groups -OCH3 is 1. The van der Waals surface area contributed by atoms with E-state index in [0.717, 1.165) is 5.75 Å². The molecule has 0 spiro atoms. The third-order valence-corrected chi connectivity index (χ3v) is 2.96. The Labute approximate surface area is 134 Å². The fourth-order valence-electron chi connectivity index (χ4n) is 1.83. The van der Waals surface area contributed by atoms with E-state index in [1.54, 1.807) is 24.3 Å². The Hall–Kier alpha value is -3.02. The quantitative estimate of drug-likeness (QED) is 0.635. The van der Waals surface area contributed by atoms with E-state index in [1.807, 2.05) is 30.3 Å². The van der Waals surface area contributed by atoms with Gasteiger partial charge in [-0.15, -0.1) is 0 Å². The molecule has 6 heteroatoms. The van der Waals surface area contributed by atoms with Crippen LogP contribution in [0.2, 0.25) is 0 Å². The number of urea groups is 1. The van der Waals surface area contributed by atoms with Crippen molar-refractivity contribution in [2.24, 2.45) is 0 Å². The first-order valence-corrected chi connectivity index (χ1v) is 7.10. The van der Waals surface area contributed by atoms with E-state index >= 15 is 0 Å². The predicted molar refractivity (Wildman–Crippen MR) is 86.7 cm³/mol. The lowest BCUT2D eigenvalue weighted by molar-refractivity contribution is 0.0601. The number of benzene rings is 2. The van der Waals surface area contributed by atoms with Gasteiger partial charge in [-0.05, 0) is 36.4 Å². The van der Waals surface area contributed by atoms with Crippen LogP contribution < -0.4 is 15.4 Å². The van der Waals surface area contributed by atoms with E-state index in [9.17, 15) is 9.59 Å². The van der Waals surface area contributed by atoms with E-state index in [0.29, 0.717) is 24.4 Å². The van der Waals surface area contributed by atoms with Crippen molar-refractivity contribution in [3.05, 3.63) is 60.2 Å². The molecule has 0 aliphatic rings. The van der Waals surface area contributed by atoms with Gasteiger partial charge in [0.05, 0.1) is 19.2 Å². The van der Waals surface area contributed by atoms with Crippen molar-refractivity contribution in [1.29, 1.82) is 0 Å². The van der Waals surface area contributed by atoms with Crippen LogP contribution in [0.5, 0.6) is 5.75 Å². The number of esters is 1. The summed E-state index contributed by atoms with van der Waals surface area (Å²) in [7, 11) is 1.32. The van der Waals surface area contributed by atoms with E-state index in [4.69, 9.17) is 4.74 Å². The highest BCUT2D eigenvalue weighted by atomic mass is 16.5. The van der Waals surface area contributed by atoms with Crippen LogP contribution in [-0.4, -0.2) is 32.3 Å². The van der Waals surface area contributed by atoms with Gasteiger partial charge in [-0.25, -0.2) is 9.59 Å². The van der Waals surface area contributed by atoms with Crippen molar-refractivity contribution in [2.45, 2.75) is 0 Å². The Kier molecular flexibility index (Phi) is 5.99. The highest BCUT2D eigenvalue weighted by Gasteiger charge is 2.06. The smallest absolute Gasteiger partial charge is 0.337 e. The van der Waals surface area contributed by atoms with Gasteiger partial charge in [-0.1, -0.05) is 18.2 Å². The Balaban J connectivity index is 1.71. The fraction of sp³-hybridized carbons (Fsp3) is 0.176. The van der Waals surface area contributed by atoms with Gasteiger partial charge >= 0.3 is 12.0 Å². The number of carbonyl (C=O) groups is 2. The molecule has 0 aliphatic carbocycles. The van der Waals surface area contributed by atoms with Crippen molar-refractivity contribution in [3.63, 3.8) is 0 Å². The minimum atomic E-state index is -0.418. The number of anilines is 1. The zero-order valence-corrected chi connectivity index (χ0v) is 12.7. The van der Waals surface area contributed by atoms with Gasteiger partial charge < -0.3 is 20.1 Å². The second-order valence-electron chi connectivity index (χ2n) is 4.61. The third-order valence-electron chi connectivity index (χ3n) is 2.96. The van der Waals surface area contributed by atoms with Gasteiger partial charge in [0.15, 0.2) is 0 Å². The van der Waals surface area contributed by atoms with Crippen LogP contribution in [0.25, 0.3) is 0 Å². The summed E-state index contributed by atoms with van der Waals surface area (Å²) in [4.78, 5) is 23.0. The molecule has 0 saturated heterocycles. The minimum Gasteiger partial charge on any atom is -0.492 e. The van der Waals surface area contributed by atoms with Crippen LogP contribution in [0.4, 0.5) is 10.5 Å². The first-order valence-electron chi connectivity index (χ1n) is 7.10. The summed E-state index contributed by atoms with van der Waals surface area (Å²) >= 11 is 0. The van der Waals surface area contributed by atoms with E-state index in [1.165, 1.54) is 7.11 Å². The van der Waals surface area contributed by atoms with Crippen molar-refractivity contribution >= 4 is 17.7 Å². The summed E-state index contributed by atoms with van der Waals surface area (Å²) < 4.78 is 10.1. The maximum absolute atomic E-state index is 11.7. The fourth-order valence-corrected chi connectivity index (χ4v) is 1.83. The summed E-state index contributed by atoms with van der Waals surface area (Å²) in [5.74, 6) is 0.340. The van der Waals surface area contributed by atoms with Gasteiger partial charge in [-0.2, -0.15) is 0 Å². The molecule has 0 saturated carbocycles. The average Bonchev–Trinajstić information content (AvgIpc) is 2.59. The molecule has 0 fully saturated rings. The Morgan fingerprint density at radius 1 is 1.00 bits per heavy atom. The first kappa shape index (κ1) is 16.4. The maximum Gasteiger partial charge on any atom is 0.337 e. The number of rotatable bonds is 6. The molecular formula is C17H18N2O4. The minimum absolute atomic E-state index is 0.340. The molecular weight excluding hydrogens is 296 g/mol. The lowest BCUT2D eigenvalue weighted by atomic mass is 10.2. The highest BCUT2D eigenvalue weighted by Crippen LogP contribution is 2.10. The second kappa shape index (κ2) is 8.43. The van der Waals surface area contributed by atoms with Crippen LogP contribution in [0.1, 0.15) is 10.4 Å². The second-order valence-corrected chi connectivity index (χ2v) is 4.61. The number of ether oxygens (including phenoxy) is 2. The lowest BCUT2D eigenvalue weighted by Crippen LogP contribution is -2.32. The van der Waals surface area contributed by atoms with Gasteiger partial charge in [0.2, 0.25) is 0 Å². The lowest BCUT2D eigenvalue weighted by Gasteiger charge is -2.09. The normalized spacial score (nSPS) is 9.78. The van der Waals surface area contributed by atoms with Crippen LogP contribution in [-0.2, 0) is 4.74 Å². The first-order chi connectivity index (χ1) is 11.2. The van der Waals surface area contributed by atoms with Crippen molar-refractivity contribution in [1.82, 2.24) is 5.32 Å². The third kappa shape index (κ3) is 5.35. The highest BCUT2D eigenvalue weighted by molar-refractivity contribution is 5.92. The Morgan fingerprint density at radius 2 is 1.70 bits per heavy atom. The molecule has 0 atom stereocenters. The van der Waals surface area contributed by atoms with Gasteiger partial charge in [-0.3, -0.25) is 0 Å². The summed E-state index contributed by atoms with van der Waals surface area (Å²) in [5, 5.41) is 5.35. The molecule has 0 aromatic heterocycles. The molecule has 6 nitrogen and oxygen atoms in total. The Morgan fingerprint density at radius 3 is 2.35 bits per heavy atom. The zero-order valence-electron chi connectivity index (χ0n) is 12.7. The summed E-state index contributed by atoms with van der Waals surface area (Å²) in [5.41, 5.74) is 1.01. The molecule has 0 unspecified atom stereocenters. The molecule has 0 radical (unpaired) electrons. The predicted octanol–water partition coefficient (Wildman–Crippen LogP) is 2.67. The topological polar surface area (TPSA) is 76.7 Å². The largest absolute Gasteiger partial charge is 0.492 e. The standard InChI is InChI=1S/C17H18N2O4/c1-22-16(20)13-7-9-14(10-8-13)19-17(21)18-11-12-23-15-5-3-2-4-6-15/h2-10H,11-12H2,1H3,(H2,18,19,21). The molecule has 2 rings (SSSR count). The van der Waals surface area contributed by atoms with Crippen molar-refractivity contribution in [3.8, 4) is 5.75 Å². The van der Waals surface area contributed by atoms with Crippen LogP contribution in [0.15, 0.2) is 54.6 Å². The number of nitrogens with one attached hydrogen (secondary N) is 2.